The van der Waals surface area contributed by atoms with Crippen LogP contribution in [-0.4, -0.2) is 48.7 Å². The van der Waals surface area contributed by atoms with Gasteiger partial charge >= 0.3 is 0 Å². The van der Waals surface area contributed by atoms with Crippen LogP contribution in [-0.2, 0) is 9.53 Å². The molecule has 2 aliphatic carbocycles. The van der Waals surface area contributed by atoms with E-state index < -0.39 is 0 Å². The number of nitriles is 1. The molecule has 5 heteroatoms. The number of likely N-dealkylation sites (tertiary alicyclic amines) is 1. The molecule has 0 aromatic rings. The predicted molar refractivity (Wildman–Crippen MR) is 83.0 cm³/mol. The van der Waals surface area contributed by atoms with E-state index in [-0.39, 0.29) is 17.5 Å². The van der Waals surface area contributed by atoms with E-state index in [0.717, 1.165) is 56.9 Å². The molecule has 0 spiro atoms. The van der Waals surface area contributed by atoms with E-state index >= 15 is 0 Å². The second-order valence-electron chi connectivity index (χ2n) is 7.55. The highest BCUT2D eigenvalue weighted by atomic mass is 16.5. The number of methoxy groups -OCH3 is 1. The quantitative estimate of drug-likeness (QED) is 0.858. The van der Waals surface area contributed by atoms with E-state index in [4.69, 9.17) is 10.00 Å². The van der Waals surface area contributed by atoms with Gasteiger partial charge in [0.1, 0.15) is 6.04 Å². The van der Waals surface area contributed by atoms with Crippen LogP contribution < -0.4 is 5.32 Å². The molecule has 3 fully saturated rings. The summed E-state index contributed by atoms with van der Waals surface area (Å²) in [4.78, 5) is 14.1. The number of hydrogen-bond donors (Lipinski definition) is 1. The Morgan fingerprint density at radius 1 is 1.41 bits per heavy atom. The normalized spacial score (nSPS) is 40.7. The molecular formula is C17H27N3O2. The van der Waals surface area contributed by atoms with Crippen molar-refractivity contribution in [2.75, 3.05) is 20.2 Å². The van der Waals surface area contributed by atoms with Gasteiger partial charge in [0.05, 0.1) is 18.7 Å². The molecule has 2 unspecified atom stereocenters. The van der Waals surface area contributed by atoms with Crippen LogP contribution in [0.1, 0.15) is 45.4 Å². The van der Waals surface area contributed by atoms with Crippen molar-refractivity contribution < 1.29 is 9.53 Å². The highest BCUT2D eigenvalue weighted by molar-refractivity contribution is 5.79. The monoisotopic (exact) mass is 305 g/mol. The first-order valence-electron chi connectivity index (χ1n) is 8.51. The third-order valence-electron chi connectivity index (χ3n) is 5.95. The number of nitrogens with zero attached hydrogens (tertiary/aromatic N) is 2. The Labute approximate surface area is 133 Å². The van der Waals surface area contributed by atoms with Crippen molar-refractivity contribution in [2.45, 2.75) is 63.1 Å². The lowest BCUT2D eigenvalue weighted by molar-refractivity contribution is -0.130. The maximum absolute atomic E-state index is 12.4. The van der Waals surface area contributed by atoms with E-state index in [1.165, 1.54) is 0 Å². The first-order chi connectivity index (χ1) is 10.5. The number of nitrogens with one attached hydrogen (secondary N) is 1. The van der Waals surface area contributed by atoms with Gasteiger partial charge in [0.25, 0.3) is 0 Å². The van der Waals surface area contributed by atoms with Crippen LogP contribution in [0.3, 0.4) is 0 Å². The summed E-state index contributed by atoms with van der Waals surface area (Å²) < 4.78 is 5.49. The third-order valence-corrected chi connectivity index (χ3v) is 5.95. The Kier molecular flexibility index (Phi) is 4.42. The van der Waals surface area contributed by atoms with E-state index in [1.807, 2.05) is 7.11 Å². The number of carbonyl (C=O) groups excluding carboxylic acids is 1. The summed E-state index contributed by atoms with van der Waals surface area (Å²) in [7, 11) is 1.81. The number of hydrogen-bond acceptors (Lipinski definition) is 4. The summed E-state index contributed by atoms with van der Waals surface area (Å²) in [6, 6.07) is 2.02. The summed E-state index contributed by atoms with van der Waals surface area (Å²) >= 11 is 0. The van der Waals surface area contributed by atoms with Gasteiger partial charge in [0.2, 0.25) is 5.91 Å². The molecule has 122 valence electrons. The molecule has 5 nitrogen and oxygen atoms in total. The Balaban J connectivity index is 1.50. The van der Waals surface area contributed by atoms with Crippen LogP contribution in [0.4, 0.5) is 0 Å². The molecule has 0 aromatic carbocycles. The summed E-state index contributed by atoms with van der Waals surface area (Å²) in [5.74, 6) is 1.55. The largest absolute Gasteiger partial charge is 0.381 e. The maximum Gasteiger partial charge on any atom is 0.237 e. The Hall–Kier alpha value is -1.12. The Morgan fingerprint density at radius 3 is 2.68 bits per heavy atom. The lowest BCUT2D eigenvalue weighted by atomic mass is 9.95. The highest BCUT2D eigenvalue weighted by Crippen LogP contribution is 2.49. The van der Waals surface area contributed by atoms with Crippen molar-refractivity contribution in [3.05, 3.63) is 0 Å². The van der Waals surface area contributed by atoms with Crippen molar-refractivity contribution in [1.82, 2.24) is 10.2 Å². The minimum absolute atomic E-state index is 0.0611. The molecule has 1 heterocycles. The van der Waals surface area contributed by atoms with E-state index in [0.29, 0.717) is 12.6 Å². The van der Waals surface area contributed by atoms with Crippen molar-refractivity contribution in [3.63, 3.8) is 0 Å². The van der Waals surface area contributed by atoms with Crippen LogP contribution in [0.15, 0.2) is 0 Å². The molecule has 1 saturated heterocycles. The van der Waals surface area contributed by atoms with Crippen molar-refractivity contribution in [1.29, 1.82) is 5.26 Å². The minimum Gasteiger partial charge on any atom is -0.381 e. The summed E-state index contributed by atoms with van der Waals surface area (Å²) in [5, 5.41) is 12.6. The standard InChI is InChI=1S/C17H27N3O2/c1-17(8-12-6-15(22-2)7-13(12)9-17)19-11-16(21)20-5-3-4-14(20)10-18/h12-15,19H,3-9,11H2,1-2H3/t12-,13+,14-,15?,17?/m0/s1. The first kappa shape index (κ1) is 15.8. The number of ether oxygens (including phenoxy) is 1. The molecule has 0 bridgehead atoms. The number of amides is 1. The molecule has 0 aromatic heterocycles. The molecule has 1 aliphatic heterocycles. The zero-order valence-electron chi connectivity index (χ0n) is 13.7. The molecule has 3 rings (SSSR count). The first-order valence-corrected chi connectivity index (χ1v) is 8.51. The van der Waals surface area contributed by atoms with Gasteiger partial charge in [-0.05, 0) is 57.3 Å². The predicted octanol–water partition coefficient (Wildman–Crippen LogP) is 1.68. The second-order valence-corrected chi connectivity index (χ2v) is 7.55. The van der Waals surface area contributed by atoms with Gasteiger partial charge < -0.3 is 15.0 Å². The van der Waals surface area contributed by atoms with Gasteiger partial charge in [-0.2, -0.15) is 5.26 Å². The van der Waals surface area contributed by atoms with Crippen LogP contribution in [0.25, 0.3) is 0 Å². The molecule has 1 N–H and O–H groups in total. The topological polar surface area (TPSA) is 65.4 Å². The lowest BCUT2D eigenvalue weighted by Gasteiger charge is -2.29. The van der Waals surface area contributed by atoms with E-state index in [2.05, 4.69) is 18.3 Å². The molecule has 2 saturated carbocycles. The summed E-state index contributed by atoms with van der Waals surface area (Å²) in [5.41, 5.74) is 0.0611. The van der Waals surface area contributed by atoms with Gasteiger partial charge in [-0.3, -0.25) is 4.79 Å². The van der Waals surface area contributed by atoms with Gasteiger partial charge in [0, 0.05) is 19.2 Å². The Morgan fingerprint density at radius 2 is 2.09 bits per heavy atom. The Bertz CT molecular complexity index is 459. The lowest BCUT2D eigenvalue weighted by Crippen LogP contribution is -2.48. The maximum atomic E-state index is 12.4. The molecule has 1 amide bonds. The average Bonchev–Trinajstić information content (AvgIpc) is 3.17. The van der Waals surface area contributed by atoms with Crippen LogP contribution in [0.2, 0.25) is 0 Å². The number of rotatable bonds is 4. The van der Waals surface area contributed by atoms with Crippen LogP contribution in [0, 0.1) is 23.2 Å². The summed E-state index contributed by atoms with van der Waals surface area (Å²) in [6.07, 6.45) is 6.79. The SMILES string of the molecule is COC1C[C@@H]2CC(C)(NCC(=O)N3CCC[C@H]3C#N)C[C@@H]2C1. The summed E-state index contributed by atoms with van der Waals surface area (Å²) in [6.45, 7) is 3.34. The molecule has 0 radical (unpaired) electrons. The van der Waals surface area contributed by atoms with Gasteiger partial charge in [-0.25, -0.2) is 0 Å². The molecular weight excluding hydrogens is 278 g/mol. The minimum atomic E-state index is -0.215. The van der Waals surface area contributed by atoms with Gasteiger partial charge in [0.15, 0.2) is 0 Å². The van der Waals surface area contributed by atoms with Crippen molar-refractivity contribution in [3.8, 4) is 6.07 Å². The fraction of sp³-hybridized carbons (Fsp3) is 0.882. The fourth-order valence-electron chi connectivity index (χ4n) is 4.82. The van der Waals surface area contributed by atoms with E-state index in [1.54, 1.807) is 4.90 Å². The van der Waals surface area contributed by atoms with Crippen LogP contribution in [0.5, 0.6) is 0 Å². The molecule has 3 aliphatic rings. The number of fused-ring (bicyclic) bond motifs is 1. The van der Waals surface area contributed by atoms with Crippen molar-refractivity contribution in [2.24, 2.45) is 11.8 Å². The number of carbonyl (C=O) groups is 1. The molecule has 5 atom stereocenters. The molecule has 22 heavy (non-hydrogen) atoms. The zero-order chi connectivity index (χ0) is 15.7. The third kappa shape index (κ3) is 3.00. The van der Waals surface area contributed by atoms with E-state index in [9.17, 15) is 4.79 Å². The highest BCUT2D eigenvalue weighted by Gasteiger charge is 2.47. The van der Waals surface area contributed by atoms with Crippen LogP contribution >= 0.6 is 0 Å². The van der Waals surface area contributed by atoms with Crippen molar-refractivity contribution >= 4 is 5.91 Å². The smallest absolute Gasteiger partial charge is 0.237 e. The zero-order valence-corrected chi connectivity index (χ0v) is 13.7. The van der Waals surface area contributed by atoms with Gasteiger partial charge in [-0.15, -0.1) is 0 Å². The second kappa shape index (κ2) is 6.17. The van der Waals surface area contributed by atoms with Gasteiger partial charge in [-0.1, -0.05) is 0 Å². The average molecular weight is 305 g/mol. The fourth-order valence-corrected chi connectivity index (χ4v) is 4.82.